The summed E-state index contributed by atoms with van der Waals surface area (Å²) in [6.45, 7) is 2.35. The Bertz CT molecular complexity index is 613. The van der Waals surface area contributed by atoms with Crippen molar-refractivity contribution in [2.45, 2.75) is 25.8 Å². The Balaban J connectivity index is 2.02. The summed E-state index contributed by atoms with van der Waals surface area (Å²) in [5.74, 6) is -0.278. The fourth-order valence-corrected chi connectivity index (χ4v) is 2.87. The first-order valence-corrected chi connectivity index (χ1v) is 7.75. The van der Waals surface area contributed by atoms with Gasteiger partial charge in [-0.15, -0.1) is 0 Å². The predicted octanol–water partition coefficient (Wildman–Crippen LogP) is 1.38. The van der Waals surface area contributed by atoms with Crippen LogP contribution >= 0.6 is 0 Å². The monoisotopic (exact) mass is 317 g/mol. The number of carbonyl (C=O) groups excluding carboxylic acids is 3. The summed E-state index contributed by atoms with van der Waals surface area (Å²) >= 11 is 0. The summed E-state index contributed by atoms with van der Waals surface area (Å²) < 4.78 is 0. The highest BCUT2D eigenvalue weighted by Crippen LogP contribution is 2.19. The van der Waals surface area contributed by atoms with Crippen LogP contribution in [0.5, 0.6) is 0 Å². The van der Waals surface area contributed by atoms with Crippen LogP contribution in [0.1, 0.15) is 30.1 Å². The number of anilines is 1. The summed E-state index contributed by atoms with van der Waals surface area (Å²) in [7, 11) is 3.45. The third-order valence-corrected chi connectivity index (χ3v) is 4.02. The van der Waals surface area contributed by atoms with Crippen LogP contribution in [0.2, 0.25) is 0 Å². The van der Waals surface area contributed by atoms with Gasteiger partial charge in [0.05, 0.1) is 18.3 Å². The van der Waals surface area contributed by atoms with Crippen molar-refractivity contribution in [1.82, 2.24) is 9.80 Å². The number of benzene rings is 1. The van der Waals surface area contributed by atoms with Gasteiger partial charge in [-0.1, -0.05) is 12.1 Å². The minimum Gasteiger partial charge on any atom is -0.347 e. The van der Waals surface area contributed by atoms with E-state index in [9.17, 15) is 14.4 Å². The molecule has 124 valence electrons. The van der Waals surface area contributed by atoms with Crippen molar-refractivity contribution in [2.24, 2.45) is 0 Å². The van der Waals surface area contributed by atoms with Crippen molar-refractivity contribution in [3.8, 4) is 0 Å². The molecule has 1 atom stereocenters. The van der Waals surface area contributed by atoms with Crippen molar-refractivity contribution in [3.63, 3.8) is 0 Å². The van der Waals surface area contributed by atoms with Gasteiger partial charge < -0.3 is 10.2 Å². The van der Waals surface area contributed by atoms with E-state index >= 15 is 0 Å². The van der Waals surface area contributed by atoms with Gasteiger partial charge in [-0.3, -0.25) is 19.3 Å². The van der Waals surface area contributed by atoms with Crippen molar-refractivity contribution < 1.29 is 14.4 Å². The van der Waals surface area contributed by atoms with Crippen molar-refractivity contribution in [3.05, 3.63) is 29.8 Å². The van der Waals surface area contributed by atoms with Crippen LogP contribution in [0.25, 0.3) is 0 Å². The predicted molar refractivity (Wildman–Crippen MR) is 88.4 cm³/mol. The minimum atomic E-state index is -0.237. The van der Waals surface area contributed by atoms with Crippen LogP contribution in [0, 0.1) is 0 Å². The van der Waals surface area contributed by atoms with Gasteiger partial charge in [-0.05, 0) is 38.4 Å². The summed E-state index contributed by atoms with van der Waals surface area (Å²) in [5.41, 5.74) is 1.00. The molecule has 1 aromatic carbocycles. The SMILES string of the molecule is CC(=O)c1ccccc1NC(=O)CN1CCC[C@@H]1C(=O)N(C)C. The second-order valence-electron chi connectivity index (χ2n) is 6.01. The first-order valence-electron chi connectivity index (χ1n) is 7.75. The first-order chi connectivity index (χ1) is 10.9. The molecule has 0 spiro atoms. The van der Waals surface area contributed by atoms with Crippen molar-refractivity contribution in [1.29, 1.82) is 0 Å². The van der Waals surface area contributed by atoms with Crippen LogP contribution in [0.4, 0.5) is 5.69 Å². The van der Waals surface area contributed by atoms with Gasteiger partial charge in [0.1, 0.15) is 0 Å². The largest absolute Gasteiger partial charge is 0.347 e. The molecule has 0 aromatic heterocycles. The number of hydrogen-bond acceptors (Lipinski definition) is 4. The molecule has 6 heteroatoms. The van der Waals surface area contributed by atoms with E-state index < -0.39 is 0 Å². The fraction of sp³-hybridized carbons (Fsp3) is 0.471. The Morgan fingerprint density at radius 1 is 1.26 bits per heavy atom. The molecule has 1 aromatic rings. The zero-order valence-corrected chi connectivity index (χ0v) is 13.8. The van der Waals surface area contributed by atoms with Gasteiger partial charge in [0.15, 0.2) is 5.78 Å². The number of rotatable bonds is 5. The maximum absolute atomic E-state index is 12.3. The quantitative estimate of drug-likeness (QED) is 0.833. The molecule has 1 heterocycles. The molecule has 6 nitrogen and oxygen atoms in total. The molecule has 0 bridgehead atoms. The normalized spacial score (nSPS) is 17.8. The van der Waals surface area contributed by atoms with E-state index in [1.807, 2.05) is 4.90 Å². The number of hydrogen-bond donors (Lipinski definition) is 1. The molecule has 23 heavy (non-hydrogen) atoms. The molecule has 0 saturated carbocycles. The zero-order chi connectivity index (χ0) is 17.0. The second-order valence-corrected chi connectivity index (χ2v) is 6.01. The first kappa shape index (κ1) is 17.1. The highest BCUT2D eigenvalue weighted by molar-refractivity contribution is 6.04. The molecule has 1 fully saturated rings. The molecule has 1 aliphatic heterocycles. The molecule has 1 aliphatic rings. The molecule has 0 unspecified atom stereocenters. The van der Waals surface area contributed by atoms with Crippen molar-refractivity contribution >= 4 is 23.3 Å². The Morgan fingerprint density at radius 2 is 1.96 bits per heavy atom. The number of carbonyl (C=O) groups is 3. The number of nitrogens with one attached hydrogen (secondary N) is 1. The third kappa shape index (κ3) is 4.16. The van der Waals surface area contributed by atoms with Gasteiger partial charge in [-0.2, -0.15) is 0 Å². The van der Waals surface area contributed by atoms with Crippen LogP contribution in [-0.2, 0) is 9.59 Å². The number of likely N-dealkylation sites (N-methyl/N-ethyl adjacent to an activating group) is 1. The number of para-hydroxylation sites is 1. The van der Waals surface area contributed by atoms with E-state index in [0.29, 0.717) is 11.3 Å². The maximum Gasteiger partial charge on any atom is 0.239 e. The lowest BCUT2D eigenvalue weighted by Crippen LogP contribution is -2.45. The van der Waals surface area contributed by atoms with E-state index in [-0.39, 0.29) is 30.2 Å². The molecule has 1 N–H and O–H groups in total. The van der Waals surface area contributed by atoms with Gasteiger partial charge in [0.25, 0.3) is 0 Å². The smallest absolute Gasteiger partial charge is 0.239 e. The van der Waals surface area contributed by atoms with Gasteiger partial charge in [0, 0.05) is 19.7 Å². The van der Waals surface area contributed by atoms with Crippen LogP contribution in [-0.4, -0.2) is 60.6 Å². The van der Waals surface area contributed by atoms with Gasteiger partial charge >= 0.3 is 0 Å². The Hall–Kier alpha value is -2.21. The van der Waals surface area contributed by atoms with E-state index in [4.69, 9.17) is 0 Å². The summed E-state index contributed by atoms with van der Waals surface area (Å²) in [5, 5.41) is 2.78. The zero-order valence-electron chi connectivity index (χ0n) is 13.8. The second kappa shape index (κ2) is 7.37. The maximum atomic E-state index is 12.3. The van der Waals surface area contributed by atoms with Gasteiger partial charge in [-0.25, -0.2) is 0 Å². The molecule has 0 radical (unpaired) electrons. The number of likely N-dealkylation sites (tertiary alicyclic amines) is 1. The lowest BCUT2D eigenvalue weighted by molar-refractivity contribution is -0.133. The van der Waals surface area contributed by atoms with Gasteiger partial charge in [0.2, 0.25) is 11.8 Å². The molecule has 1 saturated heterocycles. The Kier molecular flexibility index (Phi) is 5.50. The average Bonchev–Trinajstić information content (AvgIpc) is 2.94. The molecular formula is C17H23N3O3. The average molecular weight is 317 g/mol. The minimum absolute atomic E-state index is 0.0273. The summed E-state index contributed by atoms with van der Waals surface area (Å²) in [6.07, 6.45) is 1.68. The number of Topliss-reactive ketones (excluding diaryl/α,β-unsaturated/α-hetero) is 1. The van der Waals surface area contributed by atoms with Crippen LogP contribution < -0.4 is 5.32 Å². The highest BCUT2D eigenvalue weighted by atomic mass is 16.2. The molecule has 2 rings (SSSR count). The van der Waals surface area contributed by atoms with Crippen molar-refractivity contribution in [2.75, 3.05) is 32.5 Å². The van der Waals surface area contributed by atoms with E-state index in [0.717, 1.165) is 19.4 Å². The standard InChI is InChI=1S/C17H23N3O3/c1-12(21)13-7-4-5-8-14(13)18-16(22)11-20-10-6-9-15(20)17(23)19(2)3/h4-5,7-8,15H,6,9-11H2,1-3H3,(H,18,22)/t15-/m1/s1. The number of ketones is 1. The third-order valence-electron chi connectivity index (χ3n) is 4.02. The van der Waals surface area contributed by atoms with E-state index in [2.05, 4.69) is 5.32 Å². The van der Waals surface area contributed by atoms with E-state index in [1.54, 1.807) is 43.3 Å². The fourth-order valence-electron chi connectivity index (χ4n) is 2.87. The molecule has 2 amide bonds. The Morgan fingerprint density at radius 3 is 2.61 bits per heavy atom. The molecular weight excluding hydrogens is 294 g/mol. The lowest BCUT2D eigenvalue weighted by Gasteiger charge is -2.25. The topological polar surface area (TPSA) is 69.7 Å². The van der Waals surface area contributed by atoms with E-state index in [1.165, 1.54) is 6.92 Å². The summed E-state index contributed by atoms with van der Waals surface area (Å²) in [4.78, 5) is 39.5. The van der Waals surface area contributed by atoms with Crippen LogP contribution in [0.3, 0.4) is 0 Å². The lowest BCUT2D eigenvalue weighted by atomic mass is 10.1. The number of amides is 2. The van der Waals surface area contributed by atoms with Crippen LogP contribution in [0.15, 0.2) is 24.3 Å². The number of nitrogens with zero attached hydrogens (tertiary/aromatic N) is 2. The highest BCUT2D eigenvalue weighted by Gasteiger charge is 2.32. The summed E-state index contributed by atoms with van der Waals surface area (Å²) in [6, 6.07) is 6.70. The Labute approximate surface area is 136 Å². The molecule has 0 aliphatic carbocycles.